The Hall–Kier alpha value is -1.88. The van der Waals surface area contributed by atoms with Crippen LogP contribution in [0.2, 0.25) is 0 Å². The Bertz CT molecular complexity index is 453. The van der Waals surface area contributed by atoms with Gasteiger partial charge < -0.3 is 15.2 Å². The van der Waals surface area contributed by atoms with Crippen molar-refractivity contribution >= 4 is 11.9 Å². The molecule has 0 aliphatic rings. The molecule has 0 saturated carbocycles. The van der Waals surface area contributed by atoms with Gasteiger partial charge in [-0.15, -0.1) is 0 Å². The molecule has 0 heterocycles. The number of hydrogen-bond acceptors (Lipinski definition) is 4. The van der Waals surface area contributed by atoms with Crippen molar-refractivity contribution in [2.24, 2.45) is 5.92 Å². The quantitative estimate of drug-likeness (QED) is 0.741. The van der Waals surface area contributed by atoms with Crippen molar-refractivity contribution in [2.45, 2.75) is 32.9 Å². The predicted octanol–water partition coefficient (Wildman–Crippen LogP) is 1.60. The molecule has 0 fully saturated rings. The fourth-order valence-electron chi connectivity index (χ4n) is 1.90. The summed E-state index contributed by atoms with van der Waals surface area (Å²) in [4.78, 5) is 22.2. The average molecular weight is 279 g/mol. The van der Waals surface area contributed by atoms with Crippen LogP contribution in [-0.4, -0.2) is 30.2 Å². The summed E-state index contributed by atoms with van der Waals surface area (Å²) in [6.07, 6.45) is 0.0183. The van der Waals surface area contributed by atoms with Gasteiger partial charge in [-0.3, -0.25) is 9.59 Å². The zero-order valence-corrected chi connectivity index (χ0v) is 12.1. The minimum absolute atomic E-state index is 0.0183. The van der Waals surface area contributed by atoms with Gasteiger partial charge in [-0.25, -0.2) is 0 Å². The third-order valence-electron chi connectivity index (χ3n) is 3.03. The lowest BCUT2D eigenvalue weighted by atomic mass is 10.0. The van der Waals surface area contributed by atoms with E-state index >= 15 is 0 Å². The maximum Gasteiger partial charge on any atom is 0.323 e. The first-order valence-corrected chi connectivity index (χ1v) is 6.55. The summed E-state index contributed by atoms with van der Waals surface area (Å²) in [7, 11) is 1.38. The summed E-state index contributed by atoms with van der Waals surface area (Å²) in [5, 5.41) is 11.9. The second kappa shape index (κ2) is 7.65. The smallest absolute Gasteiger partial charge is 0.323 e. The van der Waals surface area contributed by atoms with E-state index in [1.807, 2.05) is 26.0 Å². The maximum absolute atomic E-state index is 11.6. The van der Waals surface area contributed by atoms with E-state index in [0.29, 0.717) is 6.54 Å². The van der Waals surface area contributed by atoms with Crippen molar-refractivity contribution < 1.29 is 19.4 Å². The molecule has 0 bridgehead atoms. The molecule has 1 unspecified atom stereocenters. The molecule has 0 aromatic heterocycles. The number of esters is 1. The molecular weight excluding hydrogens is 258 g/mol. The number of benzene rings is 1. The van der Waals surface area contributed by atoms with E-state index in [4.69, 9.17) is 9.84 Å². The van der Waals surface area contributed by atoms with Crippen LogP contribution in [0.15, 0.2) is 24.3 Å². The van der Waals surface area contributed by atoms with Gasteiger partial charge >= 0.3 is 11.9 Å². The molecule has 110 valence electrons. The van der Waals surface area contributed by atoms with E-state index in [1.165, 1.54) is 7.11 Å². The summed E-state index contributed by atoms with van der Waals surface area (Å²) in [6, 6.07) is 6.94. The third-order valence-corrected chi connectivity index (χ3v) is 3.03. The maximum atomic E-state index is 11.6. The summed E-state index contributed by atoms with van der Waals surface area (Å²) in [6.45, 7) is 4.43. The molecule has 0 radical (unpaired) electrons. The Morgan fingerprint density at radius 1 is 1.20 bits per heavy atom. The van der Waals surface area contributed by atoms with Crippen LogP contribution in [0.3, 0.4) is 0 Å². The van der Waals surface area contributed by atoms with E-state index in [9.17, 15) is 9.59 Å². The van der Waals surface area contributed by atoms with Gasteiger partial charge in [0, 0.05) is 6.54 Å². The van der Waals surface area contributed by atoms with E-state index < -0.39 is 5.97 Å². The Kier molecular flexibility index (Phi) is 6.18. The van der Waals surface area contributed by atoms with E-state index in [1.54, 1.807) is 12.1 Å². The number of methoxy groups -OCH3 is 1. The molecule has 20 heavy (non-hydrogen) atoms. The van der Waals surface area contributed by atoms with Crippen LogP contribution in [0.4, 0.5) is 0 Å². The number of carbonyl (C=O) groups excluding carboxylic acids is 1. The number of carbonyl (C=O) groups is 2. The third kappa shape index (κ3) is 5.01. The Balaban J connectivity index is 2.60. The normalized spacial score (nSPS) is 12.2. The zero-order valence-electron chi connectivity index (χ0n) is 12.1. The van der Waals surface area contributed by atoms with Crippen LogP contribution in [-0.2, 0) is 27.3 Å². The summed E-state index contributed by atoms with van der Waals surface area (Å²) in [5.41, 5.74) is 1.75. The summed E-state index contributed by atoms with van der Waals surface area (Å²) < 4.78 is 4.76. The molecule has 0 aliphatic carbocycles. The first-order valence-electron chi connectivity index (χ1n) is 6.55. The van der Waals surface area contributed by atoms with Gasteiger partial charge in [0.05, 0.1) is 13.5 Å². The van der Waals surface area contributed by atoms with Gasteiger partial charge in [-0.2, -0.15) is 0 Å². The standard InChI is InChI=1S/C15H21NO4/c1-10(2)14(15(19)20-3)16-9-12-6-4-11(5-7-12)8-13(17)18/h4-7,10,14,16H,8-9H2,1-3H3,(H,17,18). The lowest BCUT2D eigenvalue weighted by molar-refractivity contribution is -0.144. The van der Waals surface area contributed by atoms with Gasteiger partial charge in [0.2, 0.25) is 0 Å². The molecule has 1 rings (SSSR count). The van der Waals surface area contributed by atoms with Crippen LogP contribution in [0.25, 0.3) is 0 Å². The molecule has 0 amide bonds. The Morgan fingerprint density at radius 3 is 2.20 bits per heavy atom. The van der Waals surface area contributed by atoms with Crippen molar-refractivity contribution in [3.63, 3.8) is 0 Å². The molecule has 5 heteroatoms. The second-order valence-corrected chi connectivity index (χ2v) is 5.01. The molecule has 1 aromatic rings. The molecule has 0 spiro atoms. The number of aliphatic carboxylic acids is 1. The Labute approximate surface area is 118 Å². The first-order chi connectivity index (χ1) is 9.43. The van der Waals surface area contributed by atoms with E-state index in [-0.39, 0.29) is 24.3 Å². The molecule has 1 aromatic carbocycles. The highest BCUT2D eigenvalue weighted by Gasteiger charge is 2.21. The molecule has 2 N–H and O–H groups in total. The van der Waals surface area contributed by atoms with Crippen molar-refractivity contribution in [1.29, 1.82) is 0 Å². The van der Waals surface area contributed by atoms with Crippen molar-refractivity contribution in [1.82, 2.24) is 5.32 Å². The van der Waals surface area contributed by atoms with Crippen LogP contribution in [0.1, 0.15) is 25.0 Å². The topological polar surface area (TPSA) is 75.6 Å². The monoisotopic (exact) mass is 279 g/mol. The van der Waals surface area contributed by atoms with E-state index in [0.717, 1.165) is 11.1 Å². The lowest BCUT2D eigenvalue weighted by Gasteiger charge is -2.19. The zero-order chi connectivity index (χ0) is 15.1. The minimum Gasteiger partial charge on any atom is -0.481 e. The first kappa shape index (κ1) is 16.2. The number of carboxylic acid groups (broad SMARTS) is 1. The van der Waals surface area contributed by atoms with E-state index in [2.05, 4.69) is 5.32 Å². The number of ether oxygens (including phenoxy) is 1. The Morgan fingerprint density at radius 2 is 1.75 bits per heavy atom. The van der Waals surface area contributed by atoms with Crippen molar-refractivity contribution in [3.8, 4) is 0 Å². The highest BCUT2D eigenvalue weighted by molar-refractivity contribution is 5.75. The minimum atomic E-state index is -0.846. The fourth-order valence-corrected chi connectivity index (χ4v) is 1.90. The van der Waals surface area contributed by atoms with Gasteiger partial charge in [0.1, 0.15) is 6.04 Å². The van der Waals surface area contributed by atoms with Crippen molar-refractivity contribution in [3.05, 3.63) is 35.4 Å². The van der Waals surface area contributed by atoms with Crippen molar-refractivity contribution in [2.75, 3.05) is 7.11 Å². The highest BCUT2D eigenvalue weighted by Crippen LogP contribution is 2.08. The number of rotatable bonds is 7. The molecule has 0 aliphatic heterocycles. The summed E-state index contributed by atoms with van der Waals surface area (Å²) in [5.74, 6) is -0.988. The van der Waals surface area contributed by atoms with Crippen LogP contribution in [0, 0.1) is 5.92 Å². The van der Waals surface area contributed by atoms with Crippen LogP contribution >= 0.6 is 0 Å². The summed E-state index contributed by atoms with van der Waals surface area (Å²) >= 11 is 0. The van der Waals surface area contributed by atoms with Gasteiger partial charge in [0.25, 0.3) is 0 Å². The predicted molar refractivity (Wildman–Crippen MR) is 75.3 cm³/mol. The fraction of sp³-hybridized carbons (Fsp3) is 0.467. The van der Waals surface area contributed by atoms with Crippen LogP contribution in [0.5, 0.6) is 0 Å². The van der Waals surface area contributed by atoms with Gasteiger partial charge in [0.15, 0.2) is 0 Å². The number of carboxylic acids is 1. The molecule has 0 saturated heterocycles. The van der Waals surface area contributed by atoms with Gasteiger partial charge in [-0.05, 0) is 17.0 Å². The molecule has 1 atom stereocenters. The van der Waals surface area contributed by atoms with Gasteiger partial charge in [-0.1, -0.05) is 38.1 Å². The second-order valence-electron chi connectivity index (χ2n) is 5.01. The largest absolute Gasteiger partial charge is 0.481 e. The average Bonchev–Trinajstić information content (AvgIpc) is 2.39. The lowest BCUT2D eigenvalue weighted by Crippen LogP contribution is -2.41. The highest BCUT2D eigenvalue weighted by atomic mass is 16.5. The molecular formula is C15H21NO4. The SMILES string of the molecule is COC(=O)C(NCc1ccc(CC(=O)O)cc1)C(C)C. The number of hydrogen-bond donors (Lipinski definition) is 2. The molecule has 5 nitrogen and oxygen atoms in total. The van der Waals surface area contributed by atoms with Crippen LogP contribution < -0.4 is 5.32 Å². The number of nitrogens with one attached hydrogen (secondary N) is 1.